The highest BCUT2D eigenvalue weighted by Crippen LogP contribution is 2.45. The molecule has 0 bridgehead atoms. The van der Waals surface area contributed by atoms with Gasteiger partial charge in [-0.1, -0.05) is 375 Å². The zero-order chi connectivity index (χ0) is 72.7. The number of phosphoric ester groups is 2. The number of rotatable bonds is 80. The Morgan fingerprint density at radius 1 is 0.273 bits per heavy atom. The maximum Gasteiger partial charge on any atom is 0.472 e. The van der Waals surface area contributed by atoms with Gasteiger partial charge in [0.05, 0.1) is 26.4 Å². The van der Waals surface area contributed by atoms with Gasteiger partial charge in [0.25, 0.3) is 0 Å². The molecule has 0 rings (SSSR count). The van der Waals surface area contributed by atoms with Crippen LogP contribution in [0.4, 0.5) is 0 Å². The summed E-state index contributed by atoms with van der Waals surface area (Å²) in [6.07, 6.45) is 63.9. The lowest BCUT2D eigenvalue weighted by Crippen LogP contribution is -2.30. The van der Waals surface area contributed by atoms with Crippen molar-refractivity contribution < 1.29 is 80.2 Å². The van der Waals surface area contributed by atoms with Gasteiger partial charge in [0.1, 0.15) is 19.3 Å². The van der Waals surface area contributed by atoms with Gasteiger partial charge in [0, 0.05) is 25.7 Å². The molecule has 3 N–H and O–H groups in total. The summed E-state index contributed by atoms with van der Waals surface area (Å²) in [5.74, 6) is -1.37. The molecule has 17 nitrogen and oxygen atoms in total. The molecule has 0 aromatic carbocycles. The Labute approximate surface area is 607 Å². The number of hydrogen-bond acceptors (Lipinski definition) is 15. The Bertz CT molecular complexity index is 1890. The third-order valence-electron chi connectivity index (χ3n) is 18.8. The summed E-state index contributed by atoms with van der Waals surface area (Å²) < 4.78 is 68.7. The summed E-state index contributed by atoms with van der Waals surface area (Å²) in [5, 5.41) is 10.6. The second-order valence-corrected chi connectivity index (χ2v) is 32.2. The number of aliphatic hydroxyl groups excluding tert-OH is 1. The number of phosphoric acid groups is 2. The zero-order valence-corrected chi connectivity index (χ0v) is 66.4. The van der Waals surface area contributed by atoms with Gasteiger partial charge in [-0.15, -0.1) is 0 Å². The van der Waals surface area contributed by atoms with E-state index in [1.165, 1.54) is 250 Å². The SMILES string of the molecule is CCCCCCCCCCCCCCCCCCCCCC(=O)O[C@H](COC(=O)CCCCCCCCCCCCCCCCCCCC)COP(=O)(O)OC[C@@H](O)COP(=O)(O)OC[C@@H](COC(=O)CCCCCCCCCCCC)OC(=O)CCCCCCCCCCCC(C)C. The van der Waals surface area contributed by atoms with Crippen molar-refractivity contribution in [3.63, 3.8) is 0 Å². The quantitative estimate of drug-likeness (QED) is 0.0222. The molecule has 19 heteroatoms. The number of hydrogen-bond donors (Lipinski definition) is 3. The third-order valence-corrected chi connectivity index (χ3v) is 20.7. The summed E-state index contributed by atoms with van der Waals surface area (Å²) in [6, 6.07) is 0. The fourth-order valence-electron chi connectivity index (χ4n) is 12.4. The van der Waals surface area contributed by atoms with Crippen LogP contribution < -0.4 is 0 Å². The van der Waals surface area contributed by atoms with Crippen LogP contribution in [-0.4, -0.2) is 96.7 Å². The number of esters is 4. The Morgan fingerprint density at radius 2 is 0.465 bits per heavy atom. The van der Waals surface area contributed by atoms with Crippen molar-refractivity contribution in [3.05, 3.63) is 0 Å². The highest BCUT2D eigenvalue weighted by atomic mass is 31.2. The van der Waals surface area contributed by atoms with E-state index < -0.39 is 97.5 Å². The molecule has 0 aliphatic rings. The van der Waals surface area contributed by atoms with Crippen LogP contribution in [0.15, 0.2) is 0 Å². The predicted octanol–water partition coefficient (Wildman–Crippen LogP) is 24.0. The van der Waals surface area contributed by atoms with Crippen LogP contribution in [0.1, 0.15) is 426 Å². The van der Waals surface area contributed by atoms with Gasteiger partial charge in [-0.2, -0.15) is 0 Å². The van der Waals surface area contributed by atoms with Crippen LogP contribution in [0.5, 0.6) is 0 Å². The average molecular weight is 1450 g/mol. The molecule has 0 aromatic rings. The fraction of sp³-hybridized carbons (Fsp3) is 0.950. The van der Waals surface area contributed by atoms with E-state index in [1.54, 1.807) is 0 Å². The maximum atomic E-state index is 13.1. The lowest BCUT2D eigenvalue weighted by molar-refractivity contribution is -0.161. The topological polar surface area (TPSA) is 237 Å². The first kappa shape index (κ1) is 97.1. The molecule has 0 radical (unpaired) electrons. The van der Waals surface area contributed by atoms with Gasteiger partial charge in [0.2, 0.25) is 0 Å². The highest BCUT2D eigenvalue weighted by Gasteiger charge is 2.30. The molecule has 0 aliphatic carbocycles. The van der Waals surface area contributed by atoms with E-state index >= 15 is 0 Å². The molecule has 0 amide bonds. The van der Waals surface area contributed by atoms with E-state index in [1.807, 2.05) is 0 Å². The normalized spacial score (nSPS) is 13.9. The first-order valence-electron chi connectivity index (χ1n) is 41.6. The second-order valence-electron chi connectivity index (χ2n) is 29.3. The Morgan fingerprint density at radius 3 is 0.687 bits per heavy atom. The minimum atomic E-state index is -4.96. The molecular weight excluding hydrogens is 1290 g/mol. The van der Waals surface area contributed by atoms with Crippen LogP contribution in [0, 0.1) is 5.92 Å². The summed E-state index contributed by atoms with van der Waals surface area (Å²) in [5.41, 5.74) is 0. The summed E-state index contributed by atoms with van der Waals surface area (Å²) in [4.78, 5) is 72.9. The zero-order valence-electron chi connectivity index (χ0n) is 64.6. The molecule has 0 heterocycles. The first-order valence-corrected chi connectivity index (χ1v) is 44.6. The van der Waals surface area contributed by atoms with E-state index in [0.29, 0.717) is 25.7 Å². The van der Waals surface area contributed by atoms with Gasteiger partial charge in [-0.05, 0) is 31.6 Å². The van der Waals surface area contributed by atoms with E-state index in [-0.39, 0.29) is 25.7 Å². The molecule has 588 valence electrons. The first-order chi connectivity index (χ1) is 48.0. The Hall–Kier alpha value is -1.94. The van der Waals surface area contributed by atoms with Gasteiger partial charge < -0.3 is 33.8 Å². The number of carbonyl (C=O) groups excluding carboxylic acids is 4. The van der Waals surface area contributed by atoms with E-state index in [9.17, 15) is 43.2 Å². The molecule has 5 atom stereocenters. The number of ether oxygens (including phenoxy) is 4. The van der Waals surface area contributed by atoms with Crippen LogP contribution in [0.2, 0.25) is 0 Å². The standard InChI is InChI=1S/C80H156O17P2/c1-6-9-12-15-18-21-24-26-28-30-32-34-36-38-40-45-50-55-60-65-79(84)96-75(70-91-78(83)64-59-54-49-44-39-37-35-33-31-29-27-25-22-19-16-13-10-7-2)71-94-98(86,87)92-67-74(81)68-93-99(88,89)95-72-76(69-90-77(82)63-58-53-48-43-23-20-17-14-11-8-3)97-80(85)66-61-56-51-46-41-42-47-52-57-62-73(4)5/h73-76,81H,6-72H2,1-5H3,(H,86,87)(H,88,89)/t74-,75-,76-/m1/s1. The molecular formula is C80H156O17P2. The molecule has 0 spiro atoms. The molecule has 0 saturated carbocycles. The largest absolute Gasteiger partial charge is 0.472 e. The monoisotopic (exact) mass is 1450 g/mol. The molecule has 0 fully saturated rings. The van der Waals surface area contributed by atoms with Crippen LogP contribution >= 0.6 is 15.6 Å². The smallest absolute Gasteiger partial charge is 0.462 e. The molecule has 0 aliphatic heterocycles. The molecule has 2 unspecified atom stereocenters. The Kier molecular flexibility index (Phi) is 71.6. The van der Waals surface area contributed by atoms with Crippen molar-refractivity contribution in [2.45, 2.75) is 445 Å². The fourth-order valence-corrected chi connectivity index (χ4v) is 14.0. The Balaban J connectivity index is 5.22. The van der Waals surface area contributed by atoms with Crippen molar-refractivity contribution in [1.82, 2.24) is 0 Å². The second kappa shape index (κ2) is 73.0. The minimum Gasteiger partial charge on any atom is -0.462 e. The number of unbranched alkanes of at least 4 members (excludes halogenated alkanes) is 52. The molecule has 0 saturated heterocycles. The van der Waals surface area contributed by atoms with Gasteiger partial charge in [-0.3, -0.25) is 37.3 Å². The van der Waals surface area contributed by atoms with Crippen LogP contribution in [0.3, 0.4) is 0 Å². The van der Waals surface area contributed by atoms with Gasteiger partial charge in [-0.25, -0.2) is 9.13 Å². The van der Waals surface area contributed by atoms with Crippen molar-refractivity contribution >= 4 is 39.5 Å². The minimum absolute atomic E-state index is 0.106. The van der Waals surface area contributed by atoms with Crippen LogP contribution in [0.25, 0.3) is 0 Å². The van der Waals surface area contributed by atoms with Crippen molar-refractivity contribution in [1.29, 1.82) is 0 Å². The predicted molar refractivity (Wildman–Crippen MR) is 405 cm³/mol. The van der Waals surface area contributed by atoms with E-state index in [4.69, 9.17) is 37.0 Å². The average Bonchev–Trinajstić information content (AvgIpc) is 1.20. The van der Waals surface area contributed by atoms with Crippen LogP contribution in [-0.2, 0) is 65.4 Å². The maximum absolute atomic E-state index is 13.1. The number of aliphatic hydroxyl groups is 1. The third kappa shape index (κ3) is 74.1. The lowest BCUT2D eigenvalue weighted by Gasteiger charge is -2.21. The molecule has 99 heavy (non-hydrogen) atoms. The highest BCUT2D eigenvalue weighted by molar-refractivity contribution is 7.47. The summed E-state index contributed by atoms with van der Waals surface area (Å²) in [6.45, 7) is 7.29. The van der Waals surface area contributed by atoms with E-state index in [2.05, 4.69) is 34.6 Å². The van der Waals surface area contributed by atoms with E-state index in [0.717, 1.165) is 95.8 Å². The summed E-state index contributed by atoms with van der Waals surface area (Å²) in [7, 11) is -9.91. The molecule has 0 aromatic heterocycles. The van der Waals surface area contributed by atoms with Gasteiger partial charge in [0.15, 0.2) is 12.2 Å². The van der Waals surface area contributed by atoms with Gasteiger partial charge >= 0.3 is 39.5 Å². The van der Waals surface area contributed by atoms with Crippen molar-refractivity contribution in [2.24, 2.45) is 5.92 Å². The van der Waals surface area contributed by atoms with Crippen molar-refractivity contribution in [3.8, 4) is 0 Å². The lowest BCUT2D eigenvalue weighted by atomic mass is 10.0. The number of carbonyl (C=O) groups is 4. The summed E-state index contributed by atoms with van der Waals surface area (Å²) >= 11 is 0. The van der Waals surface area contributed by atoms with Crippen molar-refractivity contribution in [2.75, 3.05) is 39.6 Å².